The molecule has 0 radical (unpaired) electrons. The maximum Gasteiger partial charge on any atom is 0.221 e. The molecule has 7 heteroatoms. The van der Waals surface area contributed by atoms with E-state index in [-0.39, 0.29) is 5.95 Å². The molecule has 0 aliphatic heterocycles. The van der Waals surface area contributed by atoms with Crippen molar-refractivity contribution >= 4 is 11.6 Å². The van der Waals surface area contributed by atoms with Crippen LogP contribution in [0.15, 0.2) is 47.8 Å². The fraction of sp³-hybridized carbons (Fsp3) is 0. The van der Waals surface area contributed by atoms with Gasteiger partial charge in [-0.3, -0.25) is 0 Å². The van der Waals surface area contributed by atoms with Crippen LogP contribution in [0.5, 0.6) is 0 Å². The SMILES string of the molecule is [N-]=[N+]=Nc1ncnc2cc(-c3ccccc3)nn12. The van der Waals surface area contributed by atoms with Gasteiger partial charge in [0.05, 0.1) is 5.69 Å². The predicted molar refractivity (Wildman–Crippen MR) is 65.0 cm³/mol. The molecular weight excluding hydrogens is 230 g/mol. The van der Waals surface area contributed by atoms with Crippen molar-refractivity contribution < 1.29 is 0 Å². The molecule has 0 bridgehead atoms. The van der Waals surface area contributed by atoms with Crippen LogP contribution >= 0.6 is 0 Å². The Morgan fingerprint density at radius 2 is 2.00 bits per heavy atom. The summed E-state index contributed by atoms with van der Waals surface area (Å²) in [6.45, 7) is 0. The van der Waals surface area contributed by atoms with Crippen molar-refractivity contribution in [2.45, 2.75) is 0 Å². The van der Waals surface area contributed by atoms with Gasteiger partial charge in [-0.15, -0.1) is 0 Å². The number of fused-ring (bicyclic) bond motifs is 1. The summed E-state index contributed by atoms with van der Waals surface area (Å²) in [6, 6.07) is 11.5. The maximum absolute atomic E-state index is 8.46. The molecule has 0 spiro atoms. The molecule has 0 N–H and O–H groups in total. The highest BCUT2D eigenvalue weighted by molar-refractivity contribution is 5.64. The number of azide groups is 1. The van der Waals surface area contributed by atoms with E-state index < -0.39 is 0 Å². The van der Waals surface area contributed by atoms with Crippen LogP contribution in [0.1, 0.15) is 0 Å². The molecule has 2 heterocycles. The van der Waals surface area contributed by atoms with Crippen LogP contribution in [-0.4, -0.2) is 19.6 Å². The van der Waals surface area contributed by atoms with Crippen LogP contribution in [0, 0.1) is 0 Å². The number of benzene rings is 1. The molecule has 3 aromatic rings. The molecule has 0 amide bonds. The average molecular weight is 237 g/mol. The summed E-state index contributed by atoms with van der Waals surface area (Å²) in [7, 11) is 0. The maximum atomic E-state index is 8.46. The van der Waals surface area contributed by atoms with Crippen molar-refractivity contribution in [2.24, 2.45) is 5.11 Å². The lowest BCUT2D eigenvalue weighted by atomic mass is 10.2. The minimum atomic E-state index is 0.171. The summed E-state index contributed by atoms with van der Waals surface area (Å²) >= 11 is 0. The van der Waals surface area contributed by atoms with Crippen molar-refractivity contribution in [1.29, 1.82) is 0 Å². The smallest absolute Gasteiger partial charge is 0.217 e. The van der Waals surface area contributed by atoms with Crippen LogP contribution in [-0.2, 0) is 0 Å². The first-order chi connectivity index (χ1) is 8.88. The van der Waals surface area contributed by atoms with Gasteiger partial charge in [-0.25, -0.2) is 9.97 Å². The number of rotatable bonds is 2. The minimum Gasteiger partial charge on any atom is -0.217 e. The van der Waals surface area contributed by atoms with Gasteiger partial charge in [0.2, 0.25) is 5.95 Å². The average Bonchev–Trinajstić information content (AvgIpc) is 2.85. The third-order valence-corrected chi connectivity index (χ3v) is 2.45. The van der Waals surface area contributed by atoms with E-state index >= 15 is 0 Å². The van der Waals surface area contributed by atoms with Crippen molar-refractivity contribution in [1.82, 2.24) is 19.6 Å². The monoisotopic (exact) mass is 237 g/mol. The third-order valence-electron chi connectivity index (χ3n) is 2.45. The van der Waals surface area contributed by atoms with Crippen LogP contribution in [0.2, 0.25) is 0 Å². The molecule has 18 heavy (non-hydrogen) atoms. The lowest BCUT2D eigenvalue weighted by Crippen LogP contribution is -1.93. The largest absolute Gasteiger partial charge is 0.221 e. The van der Waals surface area contributed by atoms with Gasteiger partial charge in [-0.1, -0.05) is 30.3 Å². The summed E-state index contributed by atoms with van der Waals surface area (Å²) < 4.78 is 1.42. The van der Waals surface area contributed by atoms with E-state index in [1.165, 1.54) is 10.8 Å². The highest BCUT2D eigenvalue weighted by atomic mass is 15.4. The van der Waals surface area contributed by atoms with Crippen LogP contribution in [0.4, 0.5) is 5.95 Å². The second-order valence-corrected chi connectivity index (χ2v) is 3.53. The van der Waals surface area contributed by atoms with Crippen molar-refractivity contribution in [3.8, 4) is 11.3 Å². The van der Waals surface area contributed by atoms with Crippen molar-refractivity contribution in [2.75, 3.05) is 0 Å². The Balaban J connectivity index is 2.23. The van der Waals surface area contributed by atoms with Gasteiger partial charge in [0, 0.05) is 16.5 Å². The zero-order chi connectivity index (χ0) is 12.4. The fourth-order valence-electron chi connectivity index (χ4n) is 1.66. The normalized spacial score (nSPS) is 10.2. The van der Waals surface area contributed by atoms with Gasteiger partial charge in [0.15, 0.2) is 5.65 Å². The minimum absolute atomic E-state index is 0.171. The van der Waals surface area contributed by atoms with Gasteiger partial charge in [-0.05, 0) is 10.6 Å². The summed E-state index contributed by atoms with van der Waals surface area (Å²) in [5, 5.41) is 7.80. The Bertz CT molecular complexity index is 740. The van der Waals surface area contributed by atoms with E-state index in [9.17, 15) is 0 Å². The fourth-order valence-corrected chi connectivity index (χ4v) is 1.66. The Morgan fingerprint density at radius 1 is 1.17 bits per heavy atom. The summed E-state index contributed by atoms with van der Waals surface area (Å²) in [6.07, 6.45) is 1.34. The van der Waals surface area contributed by atoms with E-state index in [4.69, 9.17) is 5.53 Å². The molecule has 2 aromatic heterocycles. The Hall–Kier alpha value is -2.92. The molecule has 1 aromatic carbocycles. The highest BCUT2D eigenvalue weighted by Crippen LogP contribution is 2.20. The molecule has 0 aliphatic rings. The standard InChI is InChI=1S/C11H7N7/c12-17-15-11-14-7-13-10-6-9(16-18(10)11)8-4-2-1-3-5-8/h1-7H. The molecule has 0 atom stereocenters. The van der Waals surface area contributed by atoms with E-state index in [1.54, 1.807) is 0 Å². The number of hydrogen-bond donors (Lipinski definition) is 0. The van der Waals surface area contributed by atoms with Crippen molar-refractivity contribution in [3.63, 3.8) is 0 Å². The number of hydrogen-bond acceptors (Lipinski definition) is 4. The van der Waals surface area contributed by atoms with Crippen molar-refractivity contribution in [3.05, 3.63) is 53.2 Å². The van der Waals surface area contributed by atoms with Gasteiger partial charge in [-0.2, -0.15) is 9.61 Å². The first kappa shape index (κ1) is 10.2. The predicted octanol–water partition coefficient (Wildman–Crippen LogP) is 2.73. The highest BCUT2D eigenvalue weighted by Gasteiger charge is 2.07. The summed E-state index contributed by atoms with van der Waals surface area (Å²) in [5.41, 5.74) is 10.8. The third kappa shape index (κ3) is 1.64. The molecular formula is C11H7N7. The van der Waals surface area contributed by atoms with Gasteiger partial charge < -0.3 is 0 Å². The Labute approximate surface area is 101 Å². The molecule has 86 valence electrons. The first-order valence-electron chi connectivity index (χ1n) is 5.20. The molecule has 0 fully saturated rings. The number of aromatic nitrogens is 4. The van der Waals surface area contributed by atoms with Crippen LogP contribution in [0.25, 0.3) is 27.3 Å². The van der Waals surface area contributed by atoms with E-state index in [1.807, 2.05) is 36.4 Å². The molecule has 0 aliphatic carbocycles. The van der Waals surface area contributed by atoms with Crippen LogP contribution < -0.4 is 0 Å². The van der Waals surface area contributed by atoms with E-state index in [2.05, 4.69) is 25.1 Å². The zero-order valence-corrected chi connectivity index (χ0v) is 9.17. The molecule has 0 saturated heterocycles. The first-order valence-corrected chi connectivity index (χ1v) is 5.20. The summed E-state index contributed by atoms with van der Waals surface area (Å²) in [4.78, 5) is 10.7. The van der Waals surface area contributed by atoms with E-state index in [0.29, 0.717) is 5.65 Å². The second-order valence-electron chi connectivity index (χ2n) is 3.53. The topological polar surface area (TPSA) is 91.8 Å². The van der Waals surface area contributed by atoms with Gasteiger partial charge >= 0.3 is 0 Å². The molecule has 3 rings (SSSR count). The second kappa shape index (κ2) is 4.15. The summed E-state index contributed by atoms with van der Waals surface area (Å²) in [5.74, 6) is 0.171. The Kier molecular flexibility index (Phi) is 2.37. The molecule has 0 unspecified atom stereocenters. The quantitative estimate of drug-likeness (QED) is 0.389. The lowest BCUT2D eigenvalue weighted by Gasteiger charge is -1.95. The van der Waals surface area contributed by atoms with Gasteiger partial charge in [0.25, 0.3) is 0 Å². The van der Waals surface area contributed by atoms with Gasteiger partial charge in [0.1, 0.15) is 6.33 Å². The lowest BCUT2D eigenvalue weighted by molar-refractivity contribution is 0.890. The Morgan fingerprint density at radius 3 is 2.78 bits per heavy atom. The van der Waals surface area contributed by atoms with E-state index in [0.717, 1.165) is 11.3 Å². The molecule has 7 nitrogen and oxygen atoms in total. The van der Waals surface area contributed by atoms with Crippen LogP contribution in [0.3, 0.4) is 0 Å². The molecule has 0 saturated carbocycles. The zero-order valence-electron chi connectivity index (χ0n) is 9.17. The number of nitrogens with zero attached hydrogens (tertiary/aromatic N) is 7.